The van der Waals surface area contributed by atoms with Crippen LogP contribution in [0, 0.1) is 22.7 Å². The molecular weight excluding hydrogens is 528 g/mol. The number of rotatable bonds is 10. The molecule has 1 saturated heterocycles. The Kier molecular flexibility index (Phi) is 11.6. The number of fused-ring (bicyclic) bond motifs is 1. The van der Waals surface area contributed by atoms with Crippen LogP contribution in [0.3, 0.4) is 0 Å². The SMILES string of the molecule is CC1=C(C#C/C(C)=C/CC/C(C)=C/C=C/C=C(\C)CC/C=C(C)/C=C/[C@@]23O[C@]2(C)C[C@@H](O)CC3(C)C)C(C)(C)C[C@H](O)C1. The largest absolute Gasteiger partial charge is 0.393 e. The predicted octanol–water partition coefficient (Wildman–Crippen LogP) is 9.65. The van der Waals surface area contributed by atoms with Crippen molar-refractivity contribution in [1.82, 2.24) is 0 Å². The first kappa shape index (κ1) is 35.1. The maximum atomic E-state index is 10.3. The van der Waals surface area contributed by atoms with Gasteiger partial charge in [-0.15, -0.1) is 0 Å². The second kappa shape index (κ2) is 14.2. The van der Waals surface area contributed by atoms with Crippen LogP contribution in [0.15, 0.2) is 82.0 Å². The van der Waals surface area contributed by atoms with Crippen LogP contribution >= 0.6 is 0 Å². The zero-order chi connectivity index (χ0) is 32.1. The van der Waals surface area contributed by atoms with Gasteiger partial charge < -0.3 is 14.9 Å². The van der Waals surface area contributed by atoms with Crippen molar-refractivity contribution in [2.45, 2.75) is 144 Å². The second-order valence-electron chi connectivity index (χ2n) is 15.0. The summed E-state index contributed by atoms with van der Waals surface area (Å²) in [4.78, 5) is 0. The average molecular weight is 587 g/mol. The third kappa shape index (κ3) is 9.07. The molecule has 0 bridgehead atoms. The lowest BCUT2D eigenvalue weighted by molar-refractivity contribution is 0.0515. The molecule has 1 aliphatic heterocycles. The van der Waals surface area contributed by atoms with Crippen LogP contribution in [0.25, 0.3) is 0 Å². The molecule has 3 heteroatoms. The molecule has 2 N–H and O–H groups in total. The third-order valence-electron chi connectivity index (χ3n) is 9.73. The molecule has 0 aromatic heterocycles. The number of allylic oxidation sites excluding steroid dienone is 12. The molecule has 1 saturated carbocycles. The summed E-state index contributed by atoms with van der Waals surface area (Å²) < 4.78 is 6.27. The van der Waals surface area contributed by atoms with Gasteiger partial charge in [0.25, 0.3) is 0 Å². The Labute approximate surface area is 263 Å². The van der Waals surface area contributed by atoms with Gasteiger partial charge in [0.05, 0.1) is 12.2 Å². The van der Waals surface area contributed by atoms with Gasteiger partial charge in [-0.1, -0.05) is 104 Å². The van der Waals surface area contributed by atoms with E-state index in [4.69, 9.17) is 4.74 Å². The molecule has 4 atom stereocenters. The number of ether oxygens (including phenoxy) is 1. The summed E-state index contributed by atoms with van der Waals surface area (Å²) in [5.74, 6) is 6.78. The van der Waals surface area contributed by atoms with E-state index in [0.29, 0.717) is 6.42 Å². The summed E-state index contributed by atoms with van der Waals surface area (Å²) in [5, 5.41) is 20.4. The highest BCUT2D eigenvalue weighted by molar-refractivity contribution is 5.44. The fraction of sp³-hybridized carbons (Fsp3) is 0.600. The molecule has 0 unspecified atom stereocenters. The van der Waals surface area contributed by atoms with Gasteiger partial charge in [-0.25, -0.2) is 0 Å². The first-order valence-electron chi connectivity index (χ1n) is 16.3. The van der Waals surface area contributed by atoms with Gasteiger partial charge >= 0.3 is 0 Å². The maximum Gasteiger partial charge on any atom is 0.121 e. The van der Waals surface area contributed by atoms with E-state index in [2.05, 4.69) is 130 Å². The highest BCUT2D eigenvalue weighted by Gasteiger charge is 2.74. The number of hydrogen-bond acceptors (Lipinski definition) is 3. The van der Waals surface area contributed by atoms with Gasteiger partial charge in [0, 0.05) is 22.8 Å². The van der Waals surface area contributed by atoms with Gasteiger partial charge in [-0.2, -0.15) is 0 Å². The second-order valence-corrected chi connectivity index (χ2v) is 15.0. The standard InChI is InChI=1S/C40H58O3/c1-29(17-13-19-31(3)21-22-36-33(5)25-34(41)26-37(36,6)7)15-11-12-16-30(2)18-14-20-32(4)23-24-40-38(8,9)27-35(42)28-39(40,10)43-40/h11-12,15-16,19-20,23-24,34-35,41-42H,13-14,17-18,25-28H2,1-10H3/b12-11+,24-23+,29-15+,30-16+,31-19+,32-20+/t34-,35+,39-,40+/m1/s1. The van der Waals surface area contributed by atoms with Crippen LogP contribution in [-0.2, 0) is 4.74 Å². The first-order chi connectivity index (χ1) is 20.0. The van der Waals surface area contributed by atoms with Crippen molar-refractivity contribution in [2.75, 3.05) is 0 Å². The van der Waals surface area contributed by atoms with E-state index < -0.39 is 0 Å². The molecule has 0 aromatic carbocycles. The molecule has 0 aromatic rings. The summed E-state index contributed by atoms with van der Waals surface area (Å²) in [5.41, 5.74) is 6.87. The highest BCUT2D eigenvalue weighted by atomic mass is 16.6. The van der Waals surface area contributed by atoms with E-state index >= 15 is 0 Å². The third-order valence-corrected chi connectivity index (χ3v) is 9.73. The summed E-state index contributed by atoms with van der Waals surface area (Å²) in [7, 11) is 0. The fourth-order valence-electron chi connectivity index (χ4n) is 7.33. The summed E-state index contributed by atoms with van der Waals surface area (Å²) in [6.45, 7) is 21.7. The molecule has 0 radical (unpaired) electrons. The van der Waals surface area contributed by atoms with E-state index in [1.54, 1.807) is 0 Å². The Bertz CT molecular complexity index is 1300. The number of aliphatic hydroxyl groups is 2. The van der Waals surface area contributed by atoms with E-state index in [1.807, 2.05) is 0 Å². The summed E-state index contributed by atoms with van der Waals surface area (Å²) >= 11 is 0. The summed E-state index contributed by atoms with van der Waals surface area (Å²) in [6.07, 6.45) is 24.2. The molecule has 0 amide bonds. The quantitative estimate of drug-likeness (QED) is 0.152. The first-order valence-corrected chi connectivity index (χ1v) is 16.3. The van der Waals surface area contributed by atoms with Gasteiger partial charge in [0.15, 0.2) is 0 Å². The van der Waals surface area contributed by atoms with Crippen molar-refractivity contribution < 1.29 is 14.9 Å². The van der Waals surface area contributed by atoms with Crippen molar-refractivity contribution in [2.24, 2.45) is 10.8 Å². The smallest absolute Gasteiger partial charge is 0.121 e. The number of aliphatic hydroxyl groups excluding tert-OH is 2. The van der Waals surface area contributed by atoms with Crippen molar-refractivity contribution in [3.05, 3.63) is 82.0 Å². The van der Waals surface area contributed by atoms with Crippen molar-refractivity contribution in [3.8, 4) is 11.8 Å². The predicted molar refractivity (Wildman–Crippen MR) is 183 cm³/mol. The maximum absolute atomic E-state index is 10.3. The number of hydrogen-bond donors (Lipinski definition) is 2. The highest BCUT2D eigenvalue weighted by Crippen LogP contribution is 2.66. The Morgan fingerprint density at radius 2 is 1.47 bits per heavy atom. The van der Waals surface area contributed by atoms with Crippen molar-refractivity contribution in [3.63, 3.8) is 0 Å². The van der Waals surface area contributed by atoms with Gasteiger partial charge in [-0.3, -0.25) is 0 Å². The Morgan fingerprint density at radius 1 is 0.860 bits per heavy atom. The van der Waals surface area contributed by atoms with Crippen LogP contribution in [0.2, 0.25) is 0 Å². The minimum atomic E-state index is -0.277. The monoisotopic (exact) mass is 586 g/mol. The zero-order valence-corrected chi connectivity index (χ0v) is 28.7. The normalized spacial score (nSPS) is 31.3. The van der Waals surface area contributed by atoms with Crippen LogP contribution in [-0.4, -0.2) is 33.6 Å². The lowest BCUT2D eigenvalue weighted by Crippen LogP contribution is -2.46. The Balaban J connectivity index is 1.42. The average Bonchev–Trinajstić information content (AvgIpc) is 3.49. The lowest BCUT2D eigenvalue weighted by Gasteiger charge is -2.39. The van der Waals surface area contributed by atoms with Gasteiger partial charge in [-0.05, 0) is 98.1 Å². The van der Waals surface area contributed by atoms with E-state index in [-0.39, 0.29) is 34.2 Å². The van der Waals surface area contributed by atoms with E-state index in [0.717, 1.165) is 50.5 Å². The van der Waals surface area contributed by atoms with Crippen LogP contribution in [0.4, 0.5) is 0 Å². The van der Waals surface area contributed by atoms with Gasteiger partial charge in [0.2, 0.25) is 0 Å². The zero-order valence-electron chi connectivity index (χ0n) is 28.7. The molecule has 0 spiro atoms. The van der Waals surface area contributed by atoms with Crippen molar-refractivity contribution in [1.29, 1.82) is 0 Å². The van der Waals surface area contributed by atoms with Crippen molar-refractivity contribution >= 4 is 0 Å². The molecule has 3 rings (SSSR count). The van der Waals surface area contributed by atoms with Gasteiger partial charge in [0.1, 0.15) is 11.2 Å². The molecular formula is C40H58O3. The molecule has 3 aliphatic rings. The topological polar surface area (TPSA) is 53.0 Å². The minimum Gasteiger partial charge on any atom is -0.393 e. The van der Waals surface area contributed by atoms with Crippen LogP contribution in [0.5, 0.6) is 0 Å². The van der Waals surface area contributed by atoms with E-state index in [1.165, 1.54) is 27.9 Å². The minimum absolute atomic E-state index is 0.0620. The molecule has 3 nitrogen and oxygen atoms in total. The molecule has 2 aliphatic carbocycles. The fourth-order valence-corrected chi connectivity index (χ4v) is 7.33. The number of epoxide rings is 1. The van der Waals surface area contributed by atoms with Crippen LogP contribution < -0.4 is 0 Å². The molecule has 1 heterocycles. The summed E-state index contributed by atoms with van der Waals surface area (Å²) in [6, 6.07) is 0. The molecule has 236 valence electrons. The molecule has 43 heavy (non-hydrogen) atoms. The van der Waals surface area contributed by atoms with E-state index in [9.17, 15) is 10.2 Å². The van der Waals surface area contributed by atoms with Crippen LogP contribution in [0.1, 0.15) is 121 Å². The lowest BCUT2D eigenvalue weighted by atomic mass is 9.63. The Morgan fingerprint density at radius 3 is 2.05 bits per heavy atom. The molecule has 2 fully saturated rings. The Hall–Kier alpha value is -2.38.